The molecule has 0 amide bonds. The van der Waals surface area contributed by atoms with Gasteiger partial charge in [0.2, 0.25) is 5.89 Å². The van der Waals surface area contributed by atoms with Crippen LogP contribution in [0.3, 0.4) is 0 Å². The molecule has 4 heteroatoms. The number of hydrogen-bond acceptors (Lipinski definition) is 4. The van der Waals surface area contributed by atoms with E-state index in [-0.39, 0.29) is 5.41 Å². The Bertz CT molecular complexity index is 585. The first-order valence-corrected chi connectivity index (χ1v) is 8.43. The summed E-state index contributed by atoms with van der Waals surface area (Å²) < 4.78 is 11.7. The zero-order valence-electron chi connectivity index (χ0n) is 13.8. The fourth-order valence-electron chi connectivity index (χ4n) is 3.87. The van der Waals surface area contributed by atoms with E-state index in [1.807, 2.05) is 24.3 Å². The van der Waals surface area contributed by atoms with Gasteiger partial charge in [-0.1, -0.05) is 26.0 Å². The summed E-state index contributed by atoms with van der Waals surface area (Å²) in [7, 11) is 0. The van der Waals surface area contributed by atoms with Crippen LogP contribution in [0.5, 0.6) is 0 Å². The van der Waals surface area contributed by atoms with Crippen LogP contribution in [0.25, 0.3) is 11.1 Å². The Morgan fingerprint density at radius 3 is 2.73 bits per heavy atom. The van der Waals surface area contributed by atoms with Gasteiger partial charge in [-0.25, -0.2) is 4.98 Å². The van der Waals surface area contributed by atoms with Gasteiger partial charge in [0.05, 0.1) is 12.6 Å². The number of benzene rings is 1. The Kier molecular flexibility index (Phi) is 4.50. The first-order valence-electron chi connectivity index (χ1n) is 8.43. The largest absolute Gasteiger partial charge is 0.439 e. The topological polar surface area (TPSA) is 47.3 Å². The Balaban J connectivity index is 1.65. The molecule has 1 aliphatic rings. The minimum Gasteiger partial charge on any atom is -0.439 e. The maximum Gasteiger partial charge on any atom is 0.209 e. The Morgan fingerprint density at radius 2 is 2.05 bits per heavy atom. The van der Waals surface area contributed by atoms with Gasteiger partial charge in [-0.05, 0) is 38.3 Å². The number of nitrogens with one attached hydrogen (secondary N) is 1. The van der Waals surface area contributed by atoms with Gasteiger partial charge in [0, 0.05) is 18.1 Å². The molecule has 22 heavy (non-hydrogen) atoms. The monoisotopic (exact) mass is 302 g/mol. The molecule has 1 aromatic carbocycles. The van der Waals surface area contributed by atoms with Gasteiger partial charge in [0.15, 0.2) is 5.58 Å². The molecule has 2 atom stereocenters. The molecule has 1 aliphatic carbocycles. The Hall–Kier alpha value is -1.39. The Morgan fingerprint density at radius 1 is 1.27 bits per heavy atom. The van der Waals surface area contributed by atoms with Crippen molar-refractivity contribution in [3.05, 3.63) is 30.2 Å². The molecule has 0 radical (unpaired) electrons. The molecule has 0 bridgehead atoms. The molecule has 1 fully saturated rings. The normalized spacial score (nSPS) is 23.6. The van der Waals surface area contributed by atoms with Crippen molar-refractivity contribution in [2.75, 3.05) is 6.61 Å². The molecular formula is C18H26N2O2. The molecule has 120 valence electrons. The van der Waals surface area contributed by atoms with Gasteiger partial charge in [-0.3, -0.25) is 0 Å². The fourth-order valence-corrected chi connectivity index (χ4v) is 3.87. The summed E-state index contributed by atoms with van der Waals surface area (Å²) in [6, 6.07) is 8.39. The van der Waals surface area contributed by atoms with Crippen molar-refractivity contribution in [2.45, 2.75) is 58.7 Å². The van der Waals surface area contributed by atoms with Crippen molar-refractivity contribution < 1.29 is 9.15 Å². The highest BCUT2D eigenvalue weighted by Crippen LogP contribution is 2.48. The SMILES string of the molecule is CCO[C@@H]1C[C@@H](NCc2nc3ccccc3o2)C1(CC)CC. The van der Waals surface area contributed by atoms with Crippen LogP contribution < -0.4 is 5.32 Å². The summed E-state index contributed by atoms with van der Waals surface area (Å²) in [5.74, 6) is 0.766. The molecule has 0 aliphatic heterocycles. The van der Waals surface area contributed by atoms with Crippen LogP contribution >= 0.6 is 0 Å². The van der Waals surface area contributed by atoms with Gasteiger partial charge in [0.25, 0.3) is 0 Å². The zero-order valence-corrected chi connectivity index (χ0v) is 13.8. The molecule has 1 heterocycles. The summed E-state index contributed by atoms with van der Waals surface area (Å²) in [6.45, 7) is 8.09. The molecule has 0 saturated heterocycles. The molecular weight excluding hydrogens is 276 g/mol. The van der Waals surface area contributed by atoms with Crippen molar-refractivity contribution >= 4 is 11.1 Å². The van der Waals surface area contributed by atoms with Crippen LogP contribution in [-0.4, -0.2) is 23.7 Å². The lowest BCUT2D eigenvalue weighted by molar-refractivity contribution is -0.138. The smallest absolute Gasteiger partial charge is 0.209 e. The van der Waals surface area contributed by atoms with Gasteiger partial charge < -0.3 is 14.5 Å². The van der Waals surface area contributed by atoms with E-state index >= 15 is 0 Å². The number of fused-ring (bicyclic) bond motifs is 1. The van der Waals surface area contributed by atoms with E-state index in [2.05, 4.69) is 31.1 Å². The summed E-state index contributed by atoms with van der Waals surface area (Å²) in [6.07, 6.45) is 3.74. The number of ether oxygens (including phenoxy) is 1. The van der Waals surface area contributed by atoms with Gasteiger partial charge in [-0.2, -0.15) is 0 Å². The van der Waals surface area contributed by atoms with Crippen LogP contribution in [0.15, 0.2) is 28.7 Å². The second kappa shape index (κ2) is 6.39. The highest BCUT2D eigenvalue weighted by molar-refractivity contribution is 5.72. The third kappa shape index (κ3) is 2.55. The number of nitrogens with zero attached hydrogens (tertiary/aromatic N) is 1. The van der Waals surface area contributed by atoms with E-state index in [0.717, 1.165) is 42.9 Å². The Labute approximate surface area is 132 Å². The second-order valence-electron chi connectivity index (χ2n) is 6.13. The van der Waals surface area contributed by atoms with Gasteiger partial charge >= 0.3 is 0 Å². The summed E-state index contributed by atoms with van der Waals surface area (Å²) in [5.41, 5.74) is 2.04. The third-order valence-electron chi connectivity index (χ3n) is 5.31. The van der Waals surface area contributed by atoms with Crippen LogP contribution in [0, 0.1) is 5.41 Å². The lowest BCUT2D eigenvalue weighted by Crippen LogP contribution is -2.63. The molecule has 0 unspecified atom stereocenters. The van der Waals surface area contributed by atoms with E-state index in [4.69, 9.17) is 9.15 Å². The van der Waals surface area contributed by atoms with Crippen LogP contribution in [0.1, 0.15) is 45.9 Å². The summed E-state index contributed by atoms with van der Waals surface area (Å²) in [4.78, 5) is 4.54. The van der Waals surface area contributed by atoms with Gasteiger partial charge in [-0.15, -0.1) is 0 Å². The number of rotatable bonds is 7. The van der Waals surface area contributed by atoms with Crippen molar-refractivity contribution in [1.82, 2.24) is 10.3 Å². The van der Waals surface area contributed by atoms with E-state index < -0.39 is 0 Å². The van der Waals surface area contributed by atoms with Crippen LogP contribution in [0.4, 0.5) is 0 Å². The zero-order chi connectivity index (χ0) is 15.6. The lowest BCUT2D eigenvalue weighted by atomic mass is 9.58. The average Bonchev–Trinajstić information content (AvgIpc) is 2.94. The maximum atomic E-state index is 5.93. The fraction of sp³-hybridized carbons (Fsp3) is 0.611. The molecule has 3 rings (SSSR count). The van der Waals surface area contributed by atoms with Crippen LogP contribution in [-0.2, 0) is 11.3 Å². The van der Waals surface area contributed by atoms with E-state index in [9.17, 15) is 0 Å². The predicted octanol–water partition coefficient (Wildman–Crippen LogP) is 3.90. The lowest BCUT2D eigenvalue weighted by Gasteiger charge is -2.55. The van der Waals surface area contributed by atoms with Crippen molar-refractivity contribution in [3.63, 3.8) is 0 Å². The third-order valence-corrected chi connectivity index (χ3v) is 5.31. The molecule has 2 aromatic rings. The molecule has 0 spiro atoms. The number of para-hydroxylation sites is 2. The number of aromatic nitrogens is 1. The standard InChI is InChI=1S/C18H26N2O2/c1-4-18(5-2)15(11-16(18)21-6-3)19-12-17-20-13-9-7-8-10-14(13)22-17/h7-10,15-16,19H,4-6,11-12H2,1-3H3/t15-,16-/m1/s1. The molecule has 4 nitrogen and oxygen atoms in total. The predicted molar refractivity (Wildman–Crippen MR) is 87.7 cm³/mol. The molecule has 1 N–H and O–H groups in total. The number of oxazole rings is 1. The maximum absolute atomic E-state index is 5.93. The average molecular weight is 302 g/mol. The quantitative estimate of drug-likeness (QED) is 0.842. The van der Waals surface area contributed by atoms with E-state index in [1.54, 1.807) is 0 Å². The van der Waals surface area contributed by atoms with Crippen molar-refractivity contribution in [1.29, 1.82) is 0 Å². The first-order chi connectivity index (χ1) is 10.7. The van der Waals surface area contributed by atoms with Crippen molar-refractivity contribution in [3.8, 4) is 0 Å². The van der Waals surface area contributed by atoms with E-state index in [0.29, 0.717) is 18.7 Å². The molecule has 1 saturated carbocycles. The van der Waals surface area contributed by atoms with Crippen molar-refractivity contribution in [2.24, 2.45) is 5.41 Å². The molecule has 1 aromatic heterocycles. The first kappa shape index (κ1) is 15.5. The summed E-state index contributed by atoms with van der Waals surface area (Å²) >= 11 is 0. The number of hydrogen-bond donors (Lipinski definition) is 1. The highest BCUT2D eigenvalue weighted by atomic mass is 16.5. The second-order valence-corrected chi connectivity index (χ2v) is 6.13. The summed E-state index contributed by atoms with van der Waals surface area (Å²) in [5, 5.41) is 3.64. The van der Waals surface area contributed by atoms with Gasteiger partial charge in [0.1, 0.15) is 5.52 Å². The minimum absolute atomic E-state index is 0.252. The highest BCUT2D eigenvalue weighted by Gasteiger charge is 2.52. The van der Waals surface area contributed by atoms with E-state index in [1.165, 1.54) is 0 Å². The minimum atomic E-state index is 0.252. The van der Waals surface area contributed by atoms with Crippen LogP contribution in [0.2, 0.25) is 0 Å².